The van der Waals surface area contributed by atoms with Gasteiger partial charge in [-0.2, -0.15) is 8.42 Å². The zero-order valence-electron chi connectivity index (χ0n) is 18.2. The Morgan fingerprint density at radius 2 is 1.30 bits per heavy atom. The zero-order valence-corrected chi connectivity index (χ0v) is 19.0. The minimum Gasteiger partial charge on any atom is -0.456 e. The van der Waals surface area contributed by atoms with Gasteiger partial charge in [-0.3, -0.25) is 4.55 Å². The van der Waals surface area contributed by atoms with Crippen molar-refractivity contribution in [3.05, 3.63) is 54.1 Å². The van der Waals surface area contributed by atoms with E-state index in [1.807, 2.05) is 18.2 Å². The number of hydrogen-bond donors (Lipinski definition) is 1. The summed E-state index contributed by atoms with van der Waals surface area (Å²) in [6.07, 6.45) is 14.3. The van der Waals surface area contributed by atoms with Crippen molar-refractivity contribution in [3.63, 3.8) is 0 Å². The molecule has 0 fully saturated rings. The van der Waals surface area contributed by atoms with Crippen LogP contribution in [0.25, 0.3) is 0 Å². The Bertz CT molecular complexity index is 831. The van der Waals surface area contributed by atoms with E-state index in [1.54, 1.807) is 30.3 Å². The third kappa shape index (κ3) is 8.88. The smallest absolute Gasteiger partial charge is 0.298 e. The van der Waals surface area contributed by atoms with Crippen LogP contribution in [-0.4, -0.2) is 13.0 Å². The van der Waals surface area contributed by atoms with E-state index in [2.05, 4.69) is 6.92 Å². The number of ether oxygens (including phenoxy) is 1. The number of hydrogen-bond acceptors (Lipinski definition) is 3. The van der Waals surface area contributed by atoms with Gasteiger partial charge in [0.25, 0.3) is 10.1 Å². The van der Waals surface area contributed by atoms with Gasteiger partial charge in [-0.15, -0.1) is 0 Å². The van der Waals surface area contributed by atoms with E-state index in [-0.39, 0.29) is 10.6 Å². The molecule has 0 spiro atoms. The Hall–Kier alpha value is -1.85. The average Bonchev–Trinajstić information content (AvgIpc) is 2.72. The molecule has 0 saturated carbocycles. The number of para-hydroxylation sites is 1. The predicted molar refractivity (Wildman–Crippen MR) is 123 cm³/mol. The molecular weight excluding hydrogens is 396 g/mol. The zero-order chi connectivity index (χ0) is 21.7. The van der Waals surface area contributed by atoms with Crippen LogP contribution in [0.4, 0.5) is 0 Å². The second-order valence-corrected chi connectivity index (χ2v) is 9.28. The van der Waals surface area contributed by atoms with E-state index >= 15 is 0 Å². The Kier molecular flexibility index (Phi) is 11.0. The van der Waals surface area contributed by atoms with E-state index in [9.17, 15) is 13.0 Å². The summed E-state index contributed by atoms with van der Waals surface area (Å²) >= 11 is 0. The van der Waals surface area contributed by atoms with Crippen LogP contribution in [0.5, 0.6) is 11.5 Å². The van der Waals surface area contributed by atoms with Gasteiger partial charge in [-0.05, 0) is 36.6 Å². The fraction of sp³-hybridized carbons (Fsp3) is 0.520. The monoisotopic (exact) mass is 432 g/mol. The van der Waals surface area contributed by atoms with Crippen LogP contribution < -0.4 is 4.74 Å². The third-order valence-electron chi connectivity index (χ3n) is 5.34. The molecule has 2 aromatic rings. The molecule has 5 heteroatoms. The third-order valence-corrected chi connectivity index (χ3v) is 6.32. The van der Waals surface area contributed by atoms with Crippen molar-refractivity contribution in [1.82, 2.24) is 0 Å². The van der Waals surface area contributed by atoms with Crippen molar-refractivity contribution < 1.29 is 17.7 Å². The van der Waals surface area contributed by atoms with Crippen LogP contribution in [0.3, 0.4) is 0 Å². The van der Waals surface area contributed by atoms with Gasteiger partial charge >= 0.3 is 0 Å². The van der Waals surface area contributed by atoms with E-state index < -0.39 is 10.1 Å². The highest BCUT2D eigenvalue weighted by molar-refractivity contribution is 7.86. The van der Waals surface area contributed by atoms with Crippen LogP contribution in [0.1, 0.15) is 83.1 Å². The van der Waals surface area contributed by atoms with Crippen LogP contribution in [0.15, 0.2) is 53.4 Å². The van der Waals surface area contributed by atoms with E-state index in [0.717, 1.165) is 19.3 Å². The first-order valence-electron chi connectivity index (χ1n) is 11.3. The minimum absolute atomic E-state index is 0.110. The maximum absolute atomic E-state index is 12.0. The van der Waals surface area contributed by atoms with Crippen LogP contribution in [0.2, 0.25) is 0 Å². The lowest BCUT2D eigenvalue weighted by molar-refractivity contribution is 0.447. The highest BCUT2D eigenvalue weighted by atomic mass is 32.2. The molecule has 2 aromatic carbocycles. The minimum atomic E-state index is -4.37. The van der Waals surface area contributed by atoms with E-state index in [4.69, 9.17) is 4.74 Å². The van der Waals surface area contributed by atoms with Gasteiger partial charge in [0.2, 0.25) is 0 Å². The van der Waals surface area contributed by atoms with Gasteiger partial charge in [-0.1, -0.05) is 101 Å². The summed E-state index contributed by atoms with van der Waals surface area (Å²) in [4.78, 5) is -0.110. The molecule has 0 amide bonds. The van der Waals surface area contributed by atoms with Crippen molar-refractivity contribution in [3.8, 4) is 11.5 Å². The number of aryl methyl sites for hydroxylation is 1. The Labute approximate surface area is 182 Å². The molecule has 0 aliphatic rings. The van der Waals surface area contributed by atoms with Gasteiger partial charge in [0.15, 0.2) is 0 Å². The molecule has 30 heavy (non-hydrogen) atoms. The molecular formula is C25H36O4S. The van der Waals surface area contributed by atoms with Crippen LogP contribution in [-0.2, 0) is 16.5 Å². The molecule has 0 atom stereocenters. The van der Waals surface area contributed by atoms with Gasteiger partial charge in [0.1, 0.15) is 16.4 Å². The van der Waals surface area contributed by atoms with Crippen molar-refractivity contribution in [1.29, 1.82) is 0 Å². The molecule has 0 unspecified atom stereocenters. The second-order valence-electron chi connectivity index (χ2n) is 7.92. The molecule has 0 saturated heterocycles. The Morgan fingerprint density at radius 1 is 0.733 bits per heavy atom. The van der Waals surface area contributed by atoms with Gasteiger partial charge in [0.05, 0.1) is 0 Å². The molecule has 0 aromatic heterocycles. The van der Waals surface area contributed by atoms with E-state index in [0.29, 0.717) is 17.7 Å². The summed E-state index contributed by atoms with van der Waals surface area (Å²) in [5.41, 5.74) is 0.613. The summed E-state index contributed by atoms with van der Waals surface area (Å²) < 4.78 is 39.6. The standard InChI is InChI=1S/C25H36O4S/c1-2-3-4-5-6-7-8-9-10-11-13-17-22-18-16-21-24(25(22)30(26,27)28)29-23-19-14-12-15-20-23/h12,14-16,18-21H,2-11,13,17H2,1H3,(H,26,27,28). The highest BCUT2D eigenvalue weighted by Crippen LogP contribution is 2.32. The lowest BCUT2D eigenvalue weighted by Crippen LogP contribution is -2.06. The molecule has 166 valence electrons. The Balaban J connectivity index is 1.82. The predicted octanol–water partition coefficient (Wildman–Crippen LogP) is 7.58. The molecule has 2 rings (SSSR count). The van der Waals surface area contributed by atoms with Crippen molar-refractivity contribution in [2.24, 2.45) is 0 Å². The molecule has 0 bridgehead atoms. The maximum Gasteiger partial charge on any atom is 0.298 e. The summed E-state index contributed by atoms with van der Waals surface area (Å²) in [5, 5.41) is 0. The van der Waals surface area contributed by atoms with Crippen LogP contribution >= 0.6 is 0 Å². The quantitative estimate of drug-likeness (QED) is 0.233. The normalized spacial score (nSPS) is 11.5. The molecule has 0 aliphatic carbocycles. The van der Waals surface area contributed by atoms with Gasteiger partial charge in [-0.25, -0.2) is 0 Å². The first kappa shape index (κ1) is 24.4. The first-order chi connectivity index (χ1) is 14.5. The lowest BCUT2D eigenvalue weighted by atomic mass is 10.0. The SMILES string of the molecule is CCCCCCCCCCCCCc1cccc(Oc2ccccc2)c1S(=O)(=O)O. The summed E-state index contributed by atoms with van der Waals surface area (Å²) in [7, 11) is -4.37. The first-order valence-corrected chi connectivity index (χ1v) is 12.8. The molecule has 1 N–H and O–H groups in total. The average molecular weight is 433 g/mol. The fourth-order valence-corrected chi connectivity index (χ4v) is 4.59. The van der Waals surface area contributed by atoms with Crippen molar-refractivity contribution in [2.45, 2.75) is 88.9 Å². The second kappa shape index (κ2) is 13.5. The summed E-state index contributed by atoms with van der Waals surface area (Å²) in [6, 6.07) is 14.1. The van der Waals surface area contributed by atoms with E-state index in [1.165, 1.54) is 51.4 Å². The lowest BCUT2D eigenvalue weighted by Gasteiger charge is -2.13. The molecule has 0 aliphatic heterocycles. The molecule has 4 nitrogen and oxygen atoms in total. The molecule has 0 radical (unpaired) electrons. The Morgan fingerprint density at radius 3 is 1.87 bits per heavy atom. The number of benzene rings is 2. The number of rotatable bonds is 15. The maximum atomic E-state index is 12.0. The van der Waals surface area contributed by atoms with Gasteiger partial charge in [0, 0.05) is 0 Å². The number of unbranched alkanes of at least 4 members (excludes halogenated alkanes) is 10. The summed E-state index contributed by atoms with van der Waals surface area (Å²) in [5.74, 6) is 0.707. The summed E-state index contributed by atoms with van der Waals surface area (Å²) in [6.45, 7) is 2.24. The fourth-order valence-electron chi connectivity index (χ4n) is 3.73. The van der Waals surface area contributed by atoms with Crippen molar-refractivity contribution >= 4 is 10.1 Å². The van der Waals surface area contributed by atoms with Crippen molar-refractivity contribution in [2.75, 3.05) is 0 Å². The highest BCUT2D eigenvalue weighted by Gasteiger charge is 2.21. The topological polar surface area (TPSA) is 63.6 Å². The van der Waals surface area contributed by atoms with Gasteiger partial charge < -0.3 is 4.74 Å². The molecule has 0 heterocycles. The largest absolute Gasteiger partial charge is 0.456 e. The van der Waals surface area contributed by atoms with Crippen LogP contribution in [0, 0.1) is 0 Å².